The number of amides is 1. The van der Waals surface area contributed by atoms with Crippen molar-refractivity contribution in [3.63, 3.8) is 0 Å². The zero-order valence-corrected chi connectivity index (χ0v) is 16.7. The van der Waals surface area contributed by atoms with Gasteiger partial charge in [-0.2, -0.15) is 18.3 Å². The number of carbonyl (C=O) groups is 1. The summed E-state index contributed by atoms with van der Waals surface area (Å²) in [4.78, 5) is 30.6. The average molecular weight is 466 g/mol. The van der Waals surface area contributed by atoms with E-state index in [2.05, 4.69) is 10.1 Å². The van der Waals surface area contributed by atoms with E-state index in [1.165, 1.54) is 18.3 Å². The van der Waals surface area contributed by atoms with Crippen molar-refractivity contribution in [3.8, 4) is 0 Å². The Morgan fingerprint density at radius 3 is 2.61 bits per heavy atom. The van der Waals surface area contributed by atoms with Gasteiger partial charge in [0.1, 0.15) is 11.9 Å². The third kappa shape index (κ3) is 4.30. The molecule has 1 amide bonds. The van der Waals surface area contributed by atoms with Gasteiger partial charge in [0.15, 0.2) is 0 Å². The predicted octanol–water partition coefficient (Wildman–Crippen LogP) is 2.67. The lowest BCUT2D eigenvalue weighted by Gasteiger charge is -2.32. The largest absolute Gasteiger partial charge is 0.392 e. The van der Waals surface area contributed by atoms with Crippen LogP contribution in [0.25, 0.3) is 0 Å². The molecular weight excluding hydrogens is 449 g/mol. The smallest absolute Gasteiger partial charge is 0.335 e. The average Bonchev–Trinajstić information content (AvgIpc) is 3.21. The van der Waals surface area contributed by atoms with Gasteiger partial charge in [0.25, 0.3) is 5.92 Å². The van der Waals surface area contributed by atoms with Crippen molar-refractivity contribution < 1.29 is 26.7 Å². The second-order valence-corrected chi connectivity index (χ2v) is 8.19. The molecule has 0 N–H and O–H groups in total. The first kappa shape index (κ1) is 21.7. The molecule has 1 saturated heterocycles. The minimum Gasteiger partial charge on any atom is -0.335 e. The van der Waals surface area contributed by atoms with E-state index in [9.17, 15) is 31.5 Å². The zero-order valence-electron chi connectivity index (χ0n) is 15.9. The summed E-state index contributed by atoms with van der Waals surface area (Å²) in [7, 11) is 0. The Hall–Kier alpha value is -2.50. The highest BCUT2D eigenvalue weighted by Gasteiger charge is 2.50. The summed E-state index contributed by atoms with van der Waals surface area (Å²) in [5, 5.41) is 4.36. The molecule has 0 radical (unpaired) electrons. The molecule has 0 spiro atoms. The lowest BCUT2D eigenvalue weighted by Crippen LogP contribution is -2.46. The molecule has 1 fully saturated rings. The first-order valence-corrected chi connectivity index (χ1v) is 9.84. The molecule has 2 aliphatic rings. The normalized spacial score (nSPS) is 23.1. The van der Waals surface area contributed by atoms with Gasteiger partial charge in [-0.05, 0) is 18.6 Å². The molecule has 2 aromatic heterocycles. The number of hydrogen-bond donors (Lipinski definition) is 0. The predicted molar refractivity (Wildman–Crippen MR) is 97.9 cm³/mol. The maximum Gasteiger partial charge on any atom is 0.392 e. The molecule has 2 atom stereocenters. The van der Waals surface area contributed by atoms with Gasteiger partial charge in [-0.25, -0.2) is 18.3 Å². The zero-order chi connectivity index (χ0) is 22.6. The number of alkyl halides is 5. The number of pyridine rings is 1. The van der Waals surface area contributed by atoms with Gasteiger partial charge >= 0.3 is 11.9 Å². The molecule has 0 saturated carbocycles. The van der Waals surface area contributed by atoms with Crippen molar-refractivity contribution in [2.45, 2.75) is 43.9 Å². The second kappa shape index (κ2) is 7.57. The number of nitrogens with zero attached hydrogens (tertiary/aromatic N) is 5. The lowest BCUT2D eigenvalue weighted by atomic mass is 9.91. The molecule has 0 aliphatic carbocycles. The highest BCUT2D eigenvalue weighted by Crippen LogP contribution is 2.39. The highest BCUT2D eigenvalue weighted by molar-refractivity contribution is 6.30. The molecule has 0 aromatic carbocycles. The lowest BCUT2D eigenvalue weighted by molar-refractivity contribution is -0.183. The summed E-state index contributed by atoms with van der Waals surface area (Å²) < 4.78 is 69.4. The Bertz CT molecular complexity index is 1050. The van der Waals surface area contributed by atoms with Crippen LogP contribution in [0.2, 0.25) is 5.02 Å². The second-order valence-electron chi connectivity index (χ2n) is 7.75. The Balaban J connectivity index is 1.69. The van der Waals surface area contributed by atoms with Gasteiger partial charge in [0.2, 0.25) is 5.91 Å². The van der Waals surface area contributed by atoms with Crippen LogP contribution in [0.4, 0.5) is 22.0 Å². The molecule has 0 bridgehead atoms. The maximum absolute atomic E-state index is 13.6. The Labute approximate surface area is 177 Å². The first-order valence-electron chi connectivity index (χ1n) is 9.46. The Kier molecular flexibility index (Phi) is 5.31. The van der Waals surface area contributed by atoms with E-state index in [1.807, 2.05) is 0 Å². The van der Waals surface area contributed by atoms with E-state index in [-0.39, 0.29) is 18.9 Å². The van der Waals surface area contributed by atoms with Crippen LogP contribution in [0.3, 0.4) is 0 Å². The van der Waals surface area contributed by atoms with E-state index in [4.69, 9.17) is 11.6 Å². The standard InChI is InChI=1S/C18H17ClF5N5O2/c19-11-1-2-12(25-7-11)8-28-16(31)29-13(15(30)27-4-3-17(20,21)9-27)5-10(18(22,23)24)6-14(29)26-28/h1-2,7,10,13H,3-6,8-9H2/t10-,13-/m1/s1. The number of halogens is 6. The van der Waals surface area contributed by atoms with Crippen LogP contribution in [-0.2, 0) is 17.8 Å². The van der Waals surface area contributed by atoms with Crippen LogP contribution in [0.5, 0.6) is 0 Å². The molecule has 2 aliphatic heterocycles. The quantitative estimate of drug-likeness (QED) is 0.653. The fraction of sp³-hybridized carbons (Fsp3) is 0.556. The molecule has 0 unspecified atom stereocenters. The van der Waals surface area contributed by atoms with Gasteiger partial charge in [-0.3, -0.25) is 14.3 Å². The maximum atomic E-state index is 13.6. The van der Waals surface area contributed by atoms with Crippen molar-refractivity contribution in [1.29, 1.82) is 0 Å². The molecule has 4 heterocycles. The highest BCUT2D eigenvalue weighted by atomic mass is 35.5. The van der Waals surface area contributed by atoms with Crippen molar-refractivity contribution in [3.05, 3.63) is 45.4 Å². The van der Waals surface area contributed by atoms with E-state index >= 15 is 0 Å². The van der Waals surface area contributed by atoms with E-state index in [0.29, 0.717) is 10.7 Å². The van der Waals surface area contributed by atoms with Crippen LogP contribution in [0.15, 0.2) is 23.1 Å². The molecule has 31 heavy (non-hydrogen) atoms. The van der Waals surface area contributed by atoms with Crippen LogP contribution in [0.1, 0.15) is 30.4 Å². The van der Waals surface area contributed by atoms with Gasteiger partial charge in [0.05, 0.1) is 29.7 Å². The van der Waals surface area contributed by atoms with Crippen LogP contribution < -0.4 is 5.69 Å². The number of hydrogen-bond acceptors (Lipinski definition) is 4. The number of aromatic nitrogens is 4. The van der Waals surface area contributed by atoms with Gasteiger partial charge in [0, 0.05) is 25.6 Å². The molecule has 168 valence electrons. The number of likely N-dealkylation sites (tertiary alicyclic amines) is 1. The summed E-state index contributed by atoms with van der Waals surface area (Å²) >= 11 is 5.77. The summed E-state index contributed by atoms with van der Waals surface area (Å²) in [6.07, 6.45) is -5.15. The van der Waals surface area contributed by atoms with Crippen molar-refractivity contribution in [2.75, 3.05) is 13.1 Å². The van der Waals surface area contributed by atoms with E-state index < -0.39 is 61.5 Å². The van der Waals surface area contributed by atoms with Crippen molar-refractivity contribution in [2.24, 2.45) is 5.92 Å². The molecular formula is C18H17ClF5N5O2. The van der Waals surface area contributed by atoms with Gasteiger partial charge < -0.3 is 4.90 Å². The third-order valence-corrected chi connectivity index (χ3v) is 5.74. The minimum absolute atomic E-state index is 0.143. The van der Waals surface area contributed by atoms with E-state index in [1.54, 1.807) is 0 Å². The summed E-state index contributed by atoms with van der Waals surface area (Å²) in [5.41, 5.74) is -0.409. The van der Waals surface area contributed by atoms with Crippen LogP contribution in [0, 0.1) is 5.92 Å². The van der Waals surface area contributed by atoms with Gasteiger partial charge in [-0.1, -0.05) is 11.6 Å². The summed E-state index contributed by atoms with van der Waals surface area (Å²) in [6.45, 7) is -1.31. The fourth-order valence-electron chi connectivity index (χ4n) is 3.95. The number of rotatable bonds is 3. The van der Waals surface area contributed by atoms with Crippen molar-refractivity contribution in [1.82, 2.24) is 24.2 Å². The SMILES string of the molecule is O=C([C@H]1C[C@@H](C(F)(F)F)Cc2nn(Cc3ccc(Cl)cn3)c(=O)n21)N1CCC(F)(F)C1. The molecule has 7 nitrogen and oxygen atoms in total. The first-order chi connectivity index (χ1) is 14.4. The molecule has 2 aromatic rings. The number of fused-ring (bicyclic) bond motifs is 1. The molecule has 13 heteroatoms. The van der Waals surface area contributed by atoms with Crippen LogP contribution >= 0.6 is 11.6 Å². The number of carbonyl (C=O) groups excluding carboxylic acids is 1. The summed E-state index contributed by atoms with van der Waals surface area (Å²) in [5.74, 6) is -6.16. The topological polar surface area (TPSA) is 73.0 Å². The minimum atomic E-state index is -4.63. The van der Waals surface area contributed by atoms with Gasteiger partial charge in [-0.15, -0.1) is 0 Å². The van der Waals surface area contributed by atoms with E-state index in [0.717, 1.165) is 14.1 Å². The Morgan fingerprint density at radius 2 is 2.03 bits per heavy atom. The summed E-state index contributed by atoms with van der Waals surface area (Å²) in [6, 6.07) is 1.51. The Morgan fingerprint density at radius 1 is 1.29 bits per heavy atom. The van der Waals surface area contributed by atoms with Crippen LogP contribution in [-0.4, -0.2) is 55.3 Å². The van der Waals surface area contributed by atoms with Crippen molar-refractivity contribution >= 4 is 17.5 Å². The fourth-order valence-corrected chi connectivity index (χ4v) is 4.06. The molecule has 4 rings (SSSR count). The monoisotopic (exact) mass is 465 g/mol. The third-order valence-electron chi connectivity index (χ3n) is 5.52.